The molecule has 0 aromatic heterocycles. The number of nitrogens with one attached hydrogen (secondary N) is 4. The topological polar surface area (TPSA) is 212 Å². The summed E-state index contributed by atoms with van der Waals surface area (Å²) in [5.41, 5.74) is 4.66. The number of hydrogen-bond acceptors (Lipinski definition) is 9. The lowest BCUT2D eigenvalue weighted by Crippen LogP contribution is -2.65. The molecule has 0 radical (unpaired) electrons. The first-order chi connectivity index (χ1) is 22.0. The van der Waals surface area contributed by atoms with Crippen molar-refractivity contribution in [2.24, 2.45) is 5.73 Å². The molecule has 1 aromatic carbocycles. The van der Waals surface area contributed by atoms with Gasteiger partial charge in [0.1, 0.15) is 41.6 Å². The lowest BCUT2D eigenvalue weighted by Gasteiger charge is -2.40. The first-order valence-corrected chi connectivity index (χ1v) is 15.5. The van der Waals surface area contributed by atoms with Gasteiger partial charge in [-0.25, -0.2) is 0 Å². The number of ether oxygens (including phenoxy) is 1. The van der Waals surface area contributed by atoms with Crippen molar-refractivity contribution in [1.29, 1.82) is 0 Å². The third-order valence-corrected chi connectivity index (χ3v) is 8.78. The molecule has 6 atom stereocenters. The fourth-order valence-corrected chi connectivity index (χ4v) is 5.51. The summed E-state index contributed by atoms with van der Waals surface area (Å²) in [6.07, 6.45) is 2.06. The van der Waals surface area contributed by atoms with E-state index in [0.29, 0.717) is 12.0 Å². The Balaban J connectivity index is 2.16. The maximum absolute atomic E-state index is 14.5. The number of nitrogens with zero attached hydrogens (tertiary/aromatic N) is 1. The molecule has 2 heterocycles. The van der Waals surface area contributed by atoms with Crippen molar-refractivity contribution in [3.05, 3.63) is 58.3 Å². The van der Waals surface area contributed by atoms with E-state index in [0.717, 1.165) is 0 Å². The highest BCUT2D eigenvalue weighted by molar-refractivity contribution is 6.32. The minimum absolute atomic E-state index is 0.0330. The van der Waals surface area contributed by atoms with Crippen LogP contribution in [0, 0.1) is 0 Å². The number of amides is 5. The Morgan fingerprint density at radius 2 is 1.85 bits per heavy atom. The van der Waals surface area contributed by atoms with Crippen molar-refractivity contribution in [2.75, 3.05) is 13.6 Å². The number of halogens is 1. The lowest BCUT2D eigenvalue weighted by molar-refractivity contribution is -0.146. The average Bonchev–Trinajstić information content (AvgIpc) is 3.52. The van der Waals surface area contributed by atoms with Crippen LogP contribution < -0.4 is 31.7 Å². The molecule has 0 saturated carbocycles. The number of benzene rings is 1. The summed E-state index contributed by atoms with van der Waals surface area (Å²) in [6, 6.07) is -2.79. The van der Waals surface area contributed by atoms with Crippen molar-refractivity contribution in [3.8, 4) is 11.5 Å². The molecule has 8 N–H and O–H groups in total. The molecule has 256 valence electrons. The maximum atomic E-state index is 14.5. The van der Waals surface area contributed by atoms with Gasteiger partial charge < -0.3 is 46.9 Å². The summed E-state index contributed by atoms with van der Waals surface area (Å²) >= 11 is 6.32. The van der Waals surface area contributed by atoms with Gasteiger partial charge in [0.2, 0.25) is 11.8 Å². The Kier molecular flexibility index (Phi) is 11.8. The molecule has 2 aliphatic heterocycles. The van der Waals surface area contributed by atoms with Crippen molar-refractivity contribution in [3.63, 3.8) is 0 Å². The van der Waals surface area contributed by atoms with Gasteiger partial charge in [-0.1, -0.05) is 44.2 Å². The number of nitrogens with two attached hydrogens (primary N) is 1. The Labute approximate surface area is 278 Å². The van der Waals surface area contributed by atoms with Gasteiger partial charge >= 0.3 is 0 Å². The van der Waals surface area contributed by atoms with E-state index in [1.165, 1.54) is 44.0 Å². The Hall–Kier alpha value is -4.40. The van der Waals surface area contributed by atoms with Crippen molar-refractivity contribution in [2.45, 2.75) is 83.3 Å². The molecule has 0 spiro atoms. The Bertz CT molecular complexity index is 1530. The molecule has 2 aliphatic rings. The summed E-state index contributed by atoms with van der Waals surface area (Å²) in [7, 11) is 1.44. The van der Waals surface area contributed by atoms with E-state index in [1.54, 1.807) is 26.8 Å². The quantitative estimate of drug-likeness (QED) is 0.153. The van der Waals surface area contributed by atoms with Crippen LogP contribution in [0.5, 0.6) is 11.5 Å². The fourth-order valence-electron chi connectivity index (χ4n) is 5.29. The van der Waals surface area contributed by atoms with Crippen molar-refractivity contribution >= 4 is 41.1 Å². The SMILES string of the molecule is C=C(C)C1NC(=O)C(NC)C(O)c2cc(Cl)c(O)c(c2)OC(C)(CC)C(C(=O)N2CC=CC2C(=O)N/C(C(N)=O)=C(\C)CC)NC1=O. The van der Waals surface area contributed by atoms with Crippen molar-refractivity contribution in [1.82, 2.24) is 26.2 Å². The summed E-state index contributed by atoms with van der Waals surface area (Å²) in [6.45, 7) is 11.9. The molecule has 0 fully saturated rings. The highest BCUT2D eigenvalue weighted by Gasteiger charge is 2.47. The number of phenols is 1. The number of aliphatic hydroxyl groups is 1. The Morgan fingerprint density at radius 3 is 2.40 bits per heavy atom. The van der Waals surface area contributed by atoms with Gasteiger partial charge in [-0.05, 0) is 69.5 Å². The van der Waals surface area contributed by atoms with Crippen LogP contribution in [-0.4, -0.2) is 88.0 Å². The third kappa shape index (κ3) is 7.77. The predicted octanol–water partition coefficient (Wildman–Crippen LogP) is 0.826. The molecule has 1 aromatic rings. The van der Waals surface area contributed by atoms with Crippen LogP contribution in [0.3, 0.4) is 0 Å². The fraction of sp³-hybridized carbons (Fsp3) is 0.469. The molecule has 0 aliphatic carbocycles. The molecular formula is C32H43ClN6O8. The third-order valence-electron chi connectivity index (χ3n) is 8.49. The van der Waals surface area contributed by atoms with Crippen LogP contribution in [0.4, 0.5) is 0 Å². The first-order valence-electron chi connectivity index (χ1n) is 15.1. The standard InChI is InChI=1S/C32H43ClN6O8/c1-8-16(5)22(27(34)42)37-28(43)19-11-10-12-39(19)31(46)26-32(6,9-2)47-20-14-17(13-18(33)25(20)41)24(40)23(35-7)30(45)36-21(15(3)4)29(44)38-26/h10-11,13-14,19,21,23-24,26,35,40-41H,3,8-9,12H2,1-2,4-7H3,(H2,34,42)(H,36,45)(H,37,43)(H,38,44)/b22-16+. The molecule has 0 saturated heterocycles. The monoisotopic (exact) mass is 674 g/mol. The van der Waals surface area contributed by atoms with Gasteiger partial charge in [0.25, 0.3) is 17.7 Å². The number of aliphatic hydroxyl groups excluding tert-OH is 1. The van der Waals surface area contributed by atoms with E-state index < -0.39 is 71.2 Å². The van der Waals surface area contributed by atoms with Crippen LogP contribution in [0.25, 0.3) is 0 Å². The summed E-state index contributed by atoms with van der Waals surface area (Å²) in [4.78, 5) is 68.4. The largest absolute Gasteiger partial charge is 0.503 e. The number of rotatable bonds is 8. The molecule has 47 heavy (non-hydrogen) atoms. The van der Waals surface area contributed by atoms with Crippen LogP contribution in [0.2, 0.25) is 5.02 Å². The molecule has 3 rings (SSSR count). The van der Waals surface area contributed by atoms with Gasteiger partial charge in [-0.2, -0.15) is 0 Å². The highest BCUT2D eigenvalue weighted by atomic mass is 35.5. The zero-order chi connectivity index (χ0) is 35.4. The number of carbonyl (C=O) groups excluding carboxylic acids is 5. The number of phenolic OH excluding ortho intramolecular Hbond substituents is 1. The Morgan fingerprint density at radius 1 is 1.19 bits per heavy atom. The van der Waals surface area contributed by atoms with E-state index in [4.69, 9.17) is 22.1 Å². The average molecular weight is 675 g/mol. The molecular weight excluding hydrogens is 632 g/mol. The number of likely N-dealkylation sites (N-methyl/N-ethyl adjacent to an activating group) is 1. The van der Waals surface area contributed by atoms with Gasteiger partial charge in [-0.3, -0.25) is 24.0 Å². The summed E-state index contributed by atoms with van der Waals surface area (Å²) in [5, 5.41) is 32.4. The zero-order valence-electron chi connectivity index (χ0n) is 27.3. The van der Waals surface area contributed by atoms with E-state index in [1.807, 2.05) is 0 Å². The minimum atomic E-state index is -1.61. The predicted molar refractivity (Wildman–Crippen MR) is 174 cm³/mol. The zero-order valence-corrected chi connectivity index (χ0v) is 28.0. The number of fused-ring (bicyclic) bond motifs is 2. The molecule has 15 heteroatoms. The summed E-state index contributed by atoms with van der Waals surface area (Å²) in [5.74, 6) is -4.62. The van der Waals surface area contributed by atoms with E-state index >= 15 is 0 Å². The molecule has 14 nitrogen and oxygen atoms in total. The molecule has 2 bridgehead atoms. The number of aromatic hydroxyl groups is 1. The van der Waals surface area contributed by atoms with Gasteiger partial charge in [-0.15, -0.1) is 0 Å². The first kappa shape index (κ1) is 37.1. The van der Waals surface area contributed by atoms with Crippen LogP contribution >= 0.6 is 11.6 Å². The maximum Gasteiger partial charge on any atom is 0.265 e. The number of carbonyl (C=O) groups is 5. The number of primary amides is 1. The van der Waals surface area contributed by atoms with Gasteiger partial charge in [0.15, 0.2) is 11.5 Å². The second kappa shape index (κ2) is 15.0. The normalized spacial score (nSPS) is 26.8. The van der Waals surface area contributed by atoms with Gasteiger partial charge in [0.05, 0.1) is 5.02 Å². The second-order valence-corrected chi connectivity index (χ2v) is 12.2. The van der Waals surface area contributed by atoms with Crippen LogP contribution in [0.15, 0.2) is 47.7 Å². The van der Waals surface area contributed by atoms with Crippen LogP contribution in [-0.2, 0) is 24.0 Å². The lowest BCUT2D eigenvalue weighted by atomic mass is 9.90. The number of hydrogen-bond donors (Lipinski definition) is 7. The highest BCUT2D eigenvalue weighted by Crippen LogP contribution is 2.41. The van der Waals surface area contributed by atoms with E-state index in [9.17, 15) is 34.2 Å². The van der Waals surface area contributed by atoms with Gasteiger partial charge in [0, 0.05) is 6.54 Å². The van der Waals surface area contributed by atoms with Crippen LogP contribution in [0.1, 0.15) is 59.1 Å². The van der Waals surface area contributed by atoms with Crippen molar-refractivity contribution < 1.29 is 38.9 Å². The second-order valence-electron chi connectivity index (χ2n) is 11.8. The van der Waals surface area contributed by atoms with E-state index in [2.05, 4.69) is 27.8 Å². The summed E-state index contributed by atoms with van der Waals surface area (Å²) < 4.78 is 6.29. The smallest absolute Gasteiger partial charge is 0.265 e. The molecule has 6 unspecified atom stereocenters. The molecule has 5 amide bonds. The van der Waals surface area contributed by atoms with E-state index in [-0.39, 0.29) is 40.6 Å². The minimum Gasteiger partial charge on any atom is -0.503 e. The number of allylic oxidation sites excluding steroid dienone is 1.